The van der Waals surface area contributed by atoms with Crippen LogP contribution in [0.4, 0.5) is 0 Å². The molecule has 1 aliphatic heterocycles. The minimum absolute atomic E-state index is 0.0900. The van der Waals surface area contributed by atoms with Crippen molar-refractivity contribution in [2.75, 3.05) is 6.54 Å². The Bertz CT molecular complexity index is 992. The lowest BCUT2D eigenvalue weighted by molar-refractivity contribution is 0.0872. The number of ether oxygens (including phenoxy) is 1. The van der Waals surface area contributed by atoms with E-state index >= 15 is 0 Å². The van der Waals surface area contributed by atoms with Crippen LogP contribution in [0.1, 0.15) is 16.1 Å². The minimum Gasteiger partial charge on any atom is -0.489 e. The predicted octanol–water partition coefficient (Wildman–Crippen LogP) is 4.00. The van der Waals surface area contributed by atoms with Crippen LogP contribution < -0.4 is 4.74 Å². The number of aromatic nitrogens is 1. The first-order chi connectivity index (χ1) is 12.2. The first kappa shape index (κ1) is 15.6. The molecule has 0 N–H and O–H groups in total. The van der Waals surface area contributed by atoms with Crippen LogP contribution in [0, 0.1) is 0 Å². The SMILES string of the molecule is C=CCN1C(=O)c2cc3cc(OCc4ccccc4)ccc3n2C1=S. The smallest absolute Gasteiger partial charge is 0.277 e. The molecule has 1 aliphatic rings. The van der Waals surface area contributed by atoms with Gasteiger partial charge in [0, 0.05) is 11.9 Å². The molecule has 3 aromatic rings. The van der Waals surface area contributed by atoms with E-state index in [0.717, 1.165) is 22.2 Å². The van der Waals surface area contributed by atoms with Gasteiger partial charge in [0.25, 0.3) is 5.91 Å². The van der Waals surface area contributed by atoms with Crippen molar-refractivity contribution in [1.82, 2.24) is 9.47 Å². The highest BCUT2D eigenvalue weighted by Gasteiger charge is 2.33. The number of hydrogen-bond acceptors (Lipinski definition) is 3. The Morgan fingerprint density at radius 2 is 1.92 bits per heavy atom. The molecule has 4 rings (SSSR count). The lowest BCUT2D eigenvalue weighted by Crippen LogP contribution is -2.30. The van der Waals surface area contributed by atoms with Crippen LogP contribution in [-0.2, 0) is 6.61 Å². The van der Waals surface area contributed by atoms with Gasteiger partial charge in [-0.3, -0.25) is 14.3 Å². The number of benzene rings is 2. The molecule has 0 spiro atoms. The Morgan fingerprint density at radius 3 is 2.68 bits per heavy atom. The Kier molecular flexibility index (Phi) is 3.86. The average Bonchev–Trinajstić information content (AvgIpc) is 3.12. The number of fused-ring (bicyclic) bond motifs is 3. The van der Waals surface area contributed by atoms with Gasteiger partial charge in [0.15, 0.2) is 5.11 Å². The number of carbonyl (C=O) groups is 1. The van der Waals surface area contributed by atoms with Gasteiger partial charge in [0.05, 0.1) is 5.52 Å². The fraction of sp³-hybridized carbons (Fsp3) is 0.100. The maximum absolute atomic E-state index is 12.5. The van der Waals surface area contributed by atoms with Crippen LogP contribution >= 0.6 is 12.2 Å². The minimum atomic E-state index is -0.0900. The van der Waals surface area contributed by atoms with Gasteiger partial charge in [-0.15, -0.1) is 6.58 Å². The number of nitrogens with zero attached hydrogens (tertiary/aromatic N) is 2. The van der Waals surface area contributed by atoms with Crippen molar-refractivity contribution >= 4 is 34.1 Å². The fourth-order valence-electron chi connectivity index (χ4n) is 3.02. The quantitative estimate of drug-likeness (QED) is 0.516. The Hall–Kier alpha value is -2.92. The molecule has 5 heteroatoms. The summed E-state index contributed by atoms with van der Waals surface area (Å²) in [6.07, 6.45) is 1.67. The van der Waals surface area contributed by atoms with Gasteiger partial charge < -0.3 is 4.74 Å². The van der Waals surface area contributed by atoms with Crippen LogP contribution in [0.25, 0.3) is 10.9 Å². The maximum Gasteiger partial charge on any atom is 0.277 e. The van der Waals surface area contributed by atoms with Crippen LogP contribution in [0.3, 0.4) is 0 Å². The molecule has 0 saturated heterocycles. The van der Waals surface area contributed by atoms with E-state index in [1.54, 1.807) is 11.0 Å². The summed E-state index contributed by atoms with van der Waals surface area (Å²) in [7, 11) is 0. The third-order valence-electron chi connectivity index (χ3n) is 4.22. The van der Waals surface area contributed by atoms with E-state index in [9.17, 15) is 4.79 Å². The molecule has 0 unspecified atom stereocenters. The van der Waals surface area contributed by atoms with Crippen LogP contribution in [-0.4, -0.2) is 27.0 Å². The average molecular weight is 348 g/mol. The van der Waals surface area contributed by atoms with Gasteiger partial charge in [-0.1, -0.05) is 36.4 Å². The second-order valence-electron chi connectivity index (χ2n) is 5.85. The van der Waals surface area contributed by atoms with Crippen LogP contribution in [0.15, 0.2) is 67.3 Å². The van der Waals surface area contributed by atoms with E-state index in [1.807, 2.05) is 59.2 Å². The highest BCUT2D eigenvalue weighted by atomic mass is 32.1. The zero-order valence-corrected chi connectivity index (χ0v) is 14.3. The Balaban J connectivity index is 1.63. The second-order valence-corrected chi connectivity index (χ2v) is 6.21. The first-order valence-corrected chi connectivity index (χ1v) is 8.39. The standard InChI is InChI=1S/C20H16N2O2S/c1-2-10-21-19(23)18-12-15-11-16(8-9-17(15)22(18)20(21)25)24-13-14-6-4-3-5-7-14/h2-9,11-12H,1,10,13H2. The number of rotatable bonds is 5. The molecule has 1 amide bonds. The van der Waals surface area contributed by atoms with E-state index < -0.39 is 0 Å². The molecule has 0 saturated carbocycles. The molecule has 124 valence electrons. The van der Waals surface area contributed by atoms with Crippen LogP contribution in [0.2, 0.25) is 0 Å². The van der Waals surface area contributed by atoms with Gasteiger partial charge in [0.2, 0.25) is 0 Å². The van der Waals surface area contributed by atoms with Crippen LogP contribution in [0.5, 0.6) is 5.75 Å². The summed E-state index contributed by atoms with van der Waals surface area (Å²) in [4.78, 5) is 14.1. The summed E-state index contributed by atoms with van der Waals surface area (Å²) in [5, 5.41) is 1.43. The van der Waals surface area contributed by atoms with Crippen molar-refractivity contribution in [3.8, 4) is 5.75 Å². The van der Waals surface area contributed by atoms with E-state index in [2.05, 4.69) is 6.58 Å². The van der Waals surface area contributed by atoms with Crippen molar-refractivity contribution in [2.24, 2.45) is 0 Å². The molecule has 25 heavy (non-hydrogen) atoms. The monoisotopic (exact) mass is 348 g/mol. The number of amides is 1. The summed E-state index contributed by atoms with van der Waals surface area (Å²) in [5.74, 6) is 0.676. The Morgan fingerprint density at radius 1 is 1.12 bits per heavy atom. The molecule has 2 aromatic carbocycles. The summed E-state index contributed by atoms with van der Waals surface area (Å²) in [6.45, 7) is 4.60. The largest absolute Gasteiger partial charge is 0.489 e. The summed E-state index contributed by atoms with van der Waals surface area (Å²) >= 11 is 5.46. The predicted molar refractivity (Wildman–Crippen MR) is 102 cm³/mol. The molecular formula is C20H16N2O2S. The molecule has 0 aliphatic carbocycles. The molecular weight excluding hydrogens is 332 g/mol. The van der Waals surface area contributed by atoms with Gasteiger partial charge in [0.1, 0.15) is 18.1 Å². The summed E-state index contributed by atoms with van der Waals surface area (Å²) in [5.41, 5.74) is 2.60. The van der Waals surface area contributed by atoms with Crippen molar-refractivity contribution in [2.45, 2.75) is 6.61 Å². The van der Waals surface area contributed by atoms with Gasteiger partial charge in [-0.2, -0.15) is 0 Å². The van der Waals surface area contributed by atoms with E-state index in [4.69, 9.17) is 17.0 Å². The van der Waals surface area contributed by atoms with Gasteiger partial charge in [-0.25, -0.2) is 0 Å². The highest BCUT2D eigenvalue weighted by Crippen LogP contribution is 2.30. The number of carbonyl (C=O) groups excluding carboxylic acids is 1. The van der Waals surface area contributed by atoms with Crippen molar-refractivity contribution in [3.05, 3.63) is 78.5 Å². The van der Waals surface area contributed by atoms with Gasteiger partial charge in [-0.05, 0) is 42.0 Å². The van der Waals surface area contributed by atoms with E-state index in [0.29, 0.717) is 24.0 Å². The molecule has 2 heterocycles. The van der Waals surface area contributed by atoms with Crippen molar-refractivity contribution < 1.29 is 9.53 Å². The van der Waals surface area contributed by atoms with Gasteiger partial charge >= 0.3 is 0 Å². The van der Waals surface area contributed by atoms with E-state index in [1.165, 1.54) is 0 Å². The topological polar surface area (TPSA) is 34.5 Å². The number of hydrogen-bond donors (Lipinski definition) is 0. The zero-order chi connectivity index (χ0) is 17.4. The highest BCUT2D eigenvalue weighted by molar-refractivity contribution is 7.80. The Labute approximate surface area is 150 Å². The third kappa shape index (κ3) is 2.62. The third-order valence-corrected chi connectivity index (χ3v) is 4.62. The molecule has 0 fully saturated rings. The second kappa shape index (κ2) is 6.18. The molecule has 0 bridgehead atoms. The normalized spacial score (nSPS) is 13.4. The lowest BCUT2D eigenvalue weighted by Gasteiger charge is -2.13. The van der Waals surface area contributed by atoms with E-state index in [-0.39, 0.29) is 5.91 Å². The molecule has 0 radical (unpaired) electrons. The number of thiocarbonyl (C=S) groups is 1. The maximum atomic E-state index is 12.5. The molecule has 0 atom stereocenters. The zero-order valence-electron chi connectivity index (χ0n) is 13.5. The molecule has 1 aromatic heterocycles. The fourth-order valence-corrected chi connectivity index (χ4v) is 3.38. The van der Waals surface area contributed by atoms with Crippen molar-refractivity contribution in [3.63, 3.8) is 0 Å². The molecule has 4 nitrogen and oxygen atoms in total. The summed E-state index contributed by atoms with van der Waals surface area (Å²) < 4.78 is 7.68. The van der Waals surface area contributed by atoms with Crippen molar-refractivity contribution in [1.29, 1.82) is 0 Å². The lowest BCUT2D eigenvalue weighted by atomic mass is 10.2. The first-order valence-electron chi connectivity index (χ1n) is 7.98. The summed E-state index contributed by atoms with van der Waals surface area (Å²) in [6, 6.07) is 17.7.